The largest absolute Gasteiger partial charge is 0.398 e. The van der Waals surface area contributed by atoms with E-state index in [2.05, 4.69) is 103 Å². The third-order valence-corrected chi connectivity index (χ3v) is 7.28. The molecule has 0 atom stereocenters. The summed E-state index contributed by atoms with van der Waals surface area (Å²) in [5.74, 6) is 0. The quantitative estimate of drug-likeness (QED) is 0.281. The standard InChI is InChI=1S/C30H21NS/c31-29-26(20-10-3-1-4-11-20)18-22(19-27(29)21-12-5-2-6-13-21)23-15-9-16-25-24-14-7-8-17-28(24)32-30(23)25/h1-19H,31H2. The van der Waals surface area contributed by atoms with Crippen molar-refractivity contribution < 1.29 is 0 Å². The van der Waals surface area contributed by atoms with Crippen molar-refractivity contribution in [3.63, 3.8) is 0 Å². The summed E-state index contributed by atoms with van der Waals surface area (Å²) >= 11 is 1.86. The lowest BCUT2D eigenvalue weighted by Gasteiger charge is -2.16. The molecule has 0 amide bonds. The lowest BCUT2D eigenvalue weighted by Crippen LogP contribution is -1.96. The van der Waals surface area contributed by atoms with Crippen LogP contribution in [0.5, 0.6) is 0 Å². The van der Waals surface area contributed by atoms with Gasteiger partial charge in [0.05, 0.1) is 0 Å². The Hall–Kier alpha value is -3.88. The molecule has 0 aliphatic heterocycles. The minimum absolute atomic E-state index is 0.815. The maximum Gasteiger partial charge on any atom is 0.0473 e. The van der Waals surface area contributed by atoms with Crippen molar-refractivity contribution in [3.8, 4) is 33.4 Å². The number of nitrogens with two attached hydrogens (primary N) is 1. The monoisotopic (exact) mass is 427 g/mol. The molecule has 0 aliphatic rings. The summed E-state index contributed by atoms with van der Waals surface area (Å²) in [6.45, 7) is 0. The summed E-state index contributed by atoms with van der Waals surface area (Å²) in [5, 5.41) is 2.62. The van der Waals surface area contributed by atoms with Gasteiger partial charge in [-0.2, -0.15) is 0 Å². The minimum Gasteiger partial charge on any atom is -0.398 e. The summed E-state index contributed by atoms with van der Waals surface area (Å²) in [4.78, 5) is 0. The molecule has 1 aromatic heterocycles. The second-order valence-corrected chi connectivity index (χ2v) is 9.05. The van der Waals surface area contributed by atoms with Gasteiger partial charge in [0, 0.05) is 37.0 Å². The second-order valence-electron chi connectivity index (χ2n) is 8.00. The van der Waals surface area contributed by atoms with Crippen LogP contribution in [0.3, 0.4) is 0 Å². The van der Waals surface area contributed by atoms with Crippen LogP contribution in [0.25, 0.3) is 53.6 Å². The Kier molecular flexibility index (Phi) is 4.52. The van der Waals surface area contributed by atoms with Gasteiger partial charge in [0.2, 0.25) is 0 Å². The molecule has 6 aromatic rings. The molecule has 0 radical (unpaired) electrons. The SMILES string of the molecule is Nc1c(-c2ccccc2)cc(-c2cccc3c2sc2ccccc23)cc1-c1ccccc1. The van der Waals surface area contributed by atoms with Gasteiger partial charge in [-0.05, 0) is 40.5 Å². The van der Waals surface area contributed by atoms with Crippen molar-refractivity contribution in [2.24, 2.45) is 0 Å². The van der Waals surface area contributed by atoms with Crippen LogP contribution in [0, 0.1) is 0 Å². The van der Waals surface area contributed by atoms with Crippen LogP contribution in [0.4, 0.5) is 5.69 Å². The van der Waals surface area contributed by atoms with Crippen LogP contribution in [0.15, 0.2) is 115 Å². The lowest BCUT2D eigenvalue weighted by molar-refractivity contribution is 1.57. The van der Waals surface area contributed by atoms with Gasteiger partial charge >= 0.3 is 0 Å². The average Bonchev–Trinajstić information content (AvgIpc) is 3.24. The molecule has 5 aromatic carbocycles. The molecule has 0 fully saturated rings. The van der Waals surface area contributed by atoms with Crippen molar-refractivity contribution >= 4 is 37.2 Å². The molecule has 2 heteroatoms. The highest BCUT2D eigenvalue weighted by atomic mass is 32.1. The molecule has 0 saturated heterocycles. The summed E-state index contributed by atoms with van der Waals surface area (Å²) in [6.07, 6.45) is 0. The van der Waals surface area contributed by atoms with Crippen molar-refractivity contribution in [1.82, 2.24) is 0 Å². The van der Waals surface area contributed by atoms with Crippen molar-refractivity contribution in [3.05, 3.63) is 115 Å². The second kappa shape index (κ2) is 7.67. The molecule has 1 nitrogen and oxygen atoms in total. The van der Waals surface area contributed by atoms with Gasteiger partial charge in [-0.25, -0.2) is 0 Å². The fourth-order valence-corrected chi connectivity index (χ4v) is 5.73. The third-order valence-electron chi connectivity index (χ3n) is 6.06. The molecule has 0 spiro atoms. The molecule has 0 unspecified atom stereocenters. The maximum atomic E-state index is 6.77. The molecule has 152 valence electrons. The zero-order valence-electron chi connectivity index (χ0n) is 17.5. The van der Waals surface area contributed by atoms with E-state index >= 15 is 0 Å². The van der Waals surface area contributed by atoms with E-state index in [1.165, 1.54) is 31.3 Å². The van der Waals surface area contributed by atoms with Crippen LogP contribution >= 0.6 is 11.3 Å². The average molecular weight is 428 g/mol. The summed E-state index contributed by atoms with van der Waals surface area (Å²) in [5.41, 5.74) is 14.4. The number of hydrogen-bond donors (Lipinski definition) is 1. The number of anilines is 1. The normalized spacial score (nSPS) is 11.2. The minimum atomic E-state index is 0.815. The number of rotatable bonds is 3. The van der Waals surface area contributed by atoms with Crippen LogP contribution in [-0.2, 0) is 0 Å². The van der Waals surface area contributed by atoms with E-state index < -0.39 is 0 Å². The van der Waals surface area contributed by atoms with E-state index in [1.54, 1.807) is 0 Å². The van der Waals surface area contributed by atoms with Gasteiger partial charge in [0.1, 0.15) is 0 Å². The molecular formula is C30H21NS. The van der Waals surface area contributed by atoms with Gasteiger partial charge in [0.15, 0.2) is 0 Å². The van der Waals surface area contributed by atoms with E-state index in [1.807, 2.05) is 23.5 Å². The van der Waals surface area contributed by atoms with Crippen molar-refractivity contribution in [1.29, 1.82) is 0 Å². The Morgan fingerprint density at radius 3 is 1.69 bits per heavy atom. The van der Waals surface area contributed by atoms with E-state index in [0.717, 1.165) is 27.9 Å². The Bertz CT molecular complexity index is 1500. The first-order valence-electron chi connectivity index (χ1n) is 10.7. The van der Waals surface area contributed by atoms with E-state index in [0.29, 0.717) is 0 Å². The zero-order valence-corrected chi connectivity index (χ0v) is 18.3. The first kappa shape index (κ1) is 18.9. The number of benzene rings is 5. The number of nitrogen functional groups attached to an aromatic ring is 1. The van der Waals surface area contributed by atoms with E-state index in [9.17, 15) is 0 Å². The van der Waals surface area contributed by atoms with Crippen LogP contribution < -0.4 is 5.73 Å². The van der Waals surface area contributed by atoms with Crippen molar-refractivity contribution in [2.75, 3.05) is 5.73 Å². The highest BCUT2D eigenvalue weighted by Crippen LogP contribution is 2.44. The summed E-state index contributed by atoms with van der Waals surface area (Å²) in [6, 6.07) is 40.6. The highest BCUT2D eigenvalue weighted by Gasteiger charge is 2.15. The first-order valence-corrected chi connectivity index (χ1v) is 11.6. The molecule has 0 bridgehead atoms. The molecule has 0 saturated carbocycles. The zero-order chi connectivity index (χ0) is 21.5. The topological polar surface area (TPSA) is 26.0 Å². The summed E-state index contributed by atoms with van der Waals surface area (Å²) in [7, 11) is 0. The smallest absolute Gasteiger partial charge is 0.0473 e. The Morgan fingerprint density at radius 2 is 1.03 bits per heavy atom. The van der Waals surface area contributed by atoms with Gasteiger partial charge in [0.25, 0.3) is 0 Å². The van der Waals surface area contributed by atoms with Gasteiger partial charge in [-0.1, -0.05) is 97.1 Å². The van der Waals surface area contributed by atoms with Crippen LogP contribution in [-0.4, -0.2) is 0 Å². The fourth-order valence-electron chi connectivity index (χ4n) is 4.50. The molecule has 2 N–H and O–H groups in total. The van der Waals surface area contributed by atoms with Crippen LogP contribution in [0.1, 0.15) is 0 Å². The van der Waals surface area contributed by atoms with Crippen molar-refractivity contribution in [2.45, 2.75) is 0 Å². The van der Waals surface area contributed by atoms with E-state index in [-0.39, 0.29) is 0 Å². The Labute approximate surface area is 191 Å². The molecule has 32 heavy (non-hydrogen) atoms. The molecule has 0 aliphatic carbocycles. The van der Waals surface area contributed by atoms with Gasteiger partial charge in [-0.3, -0.25) is 0 Å². The maximum absolute atomic E-state index is 6.77. The number of thiophene rings is 1. The van der Waals surface area contributed by atoms with Gasteiger partial charge in [-0.15, -0.1) is 11.3 Å². The Morgan fingerprint density at radius 1 is 0.469 bits per heavy atom. The first-order chi connectivity index (χ1) is 15.8. The molecule has 1 heterocycles. The fraction of sp³-hybridized carbons (Fsp3) is 0. The number of hydrogen-bond acceptors (Lipinski definition) is 2. The molecule has 6 rings (SSSR count). The van der Waals surface area contributed by atoms with Gasteiger partial charge < -0.3 is 5.73 Å². The van der Waals surface area contributed by atoms with E-state index in [4.69, 9.17) is 5.73 Å². The predicted molar refractivity (Wildman–Crippen MR) is 140 cm³/mol. The summed E-state index contributed by atoms with van der Waals surface area (Å²) < 4.78 is 2.63. The number of fused-ring (bicyclic) bond motifs is 3. The highest BCUT2D eigenvalue weighted by molar-refractivity contribution is 7.26. The molecular weight excluding hydrogens is 406 g/mol. The van der Waals surface area contributed by atoms with Crippen LogP contribution in [0.2, 0.25) is 0 Å². The predicted octanol–water partition coefficient (Wildman–Crippen LogP) is 8.64. The lowest BCUT2D eigenvalue weighted by atomic mass is 9.91. The third kappa shape index (κ3) is 3.08. The Balaban J connectivity index is 1.67.